The fraction of sp³-hybridized carbons (Fsp3) is 0.407. The molecule has 1 saturated heterocycles. The number of hydrogen-bond donors (Lipinski definition) is 1. The molecule has 2 aliphatic rings. The first-order valence-corrected chi connectivity index (χ1v) is 15.3. The summed E-state index contributed by atoms with van der Waals surface area (Å²) in [5.74, 6) is -0.309. The third-order valence-corrected chi connectivity index (χ3v) is 8.39. The van der Waals surface area contributed by atoms with E-state index >= 15 is 0 Å². The number of fused-ring (bicyclic) bond motifs is 1. The molecule has 1 aromatic heterocycles. The molecule has 1 atom stereocenters. The number of benzene rings is 2. The van der Waals surface area contributed by atoms with Crippen molar-refractivity contribution < 1.29 is 31.3 Å². The average molecular weight is 576 g/mol. The lowest BCUT2D eigenvalue weighted by atomic mass is 9.98. The highest BCUT2D eigenvalue weighted by atomic mass is 32.2. The van der Waals surface area contributed by atoms with Crippen LogP contribution in [-0.2, 0) is 32.8 Å². The Hall–Kier alpha value is -3.06. The molecule has 0 saturated carbocycles. The quantitative estimate of drug-likeness (QED) is 0.406. The summed E-state index contributed by atoms with van der Waals surface area (Å²) in [5, 5.41) is 5.82. The van der Waals surface area contributed by atoms with Gasteiger partial charge in [0.2, 0.25) is 6.29 Å². The maximum absolute atomic E-state index is 14.5. The van der Waals surface area contributed by atoms with Gasteiger partial charge in [0.25, 0.3) is 0 Å². The van der Waals surface area contributed by atoms with Crippen LogP contribution in [-0.4, -0.2) is 43.7 Å². The van der Waals surface area contributed by atoms with Crippen LogP contribution in [0, 0.1) is 19.7 Å². The minimum Gasteiger partial charge on any atom is -0.382 e. The number of aromatic nitrogens is 1. The summed E-state index contributed by atoms with van der Waals surface area (Å²) in [6.45, 7) is 4.99. The zero-order valence-corrected chi connectivity index (χ0v) is 23.5. The predicted octanol–water partition coefficient (Wildman–Crippen LogP) is 5.39. The first kappa shape index (κ1) is 27.5. The summed E-state index contributed by atoms with van der Waals surface area (Å²) in [7, 11) is -3.80. The summed E-state index contributed by atoms with van der Waals surface area (Å²) in [6, 6.07) is 8.31. The van der Waals surface area contributed by atoms with Gasteiger partial charge in [0.05, 0.1) is 24.5 Å². The van der Waals surface area contributed by atoms with Gasteiger partial charge in [0, 0.05) is 41.2 Å². The average Bonchev–Trinajstić information content (AvgIpc) is 3.27. The van der Waals surface area contributed by atoms with Crippen molar-refractivity contribution in [1.82, 2.24) is 9.88 Å². The number of carbonyl (C=O) groups is 1. The van der Waals surface area contributed by atoms with Gasteiger partial charge in [-0.2, -0.15) is 8.42 Å². The van der Waals surface area contributed by atoms with Crippen molar-refractivity contribution in [3.63, 3.8) is 0 Å². The molecule has 0 spiro atoms. The van der Waals surface area contributed by atoms with Crippen LogP contribution in [0.25, 0.3) is 0 Å². The van der Waals surface area contributed by atoms with Crippen molar-refractivity contribution in [1.29, 1.82) is 0 Å². The Morgan fingerprint density at radius 1 is 1.13 bits per heavy atom. The van der Waals surface area contributed by atoms with E-state index in [2.05, 4.69) is 5.32 Å². The van der Waals surface area contributed by atoms with Gasteiger partial charge >= 0.3 is 16.1 Å². The van der Waals surface area contributed by atoms with E-state index in [1.165, 1.54) is 17.4 Å². The number of halogens is 1. The number of aryl methyl sites for hydroxylation is 2. The molecule has 1 fully saturated rings. The van der Waals surface area contributed by atoms with Gasteiger partial charge < -0.3 is 23.9 Å². The first-order valence-electron chi connectivity index (χ1n) is 12.6. The monoisotopic (exact) mass is 575 g/mol. The molecule has 0 radical (unpaired) electrons. The van der Waals surface area contributed by atoms with Crippen molar-refractivity contribution in [2.24, 2.45) is 0 Å². The molecular weight excluding hydrogens is 545 g/mol. The van der Waals surface area contributed by atoms with E-state index in [0.717, 1.165) is 47.0 Å². The molecule has 2 amide bonds. The van der Waals surface area contributed by atoms with E-state index in [4.69, 9.17) is 18.6 Å². The second-order valence-corrected chi connectivity index (χ2v) is 12.3. The maximum Gasteiger partial charge on any atom is 0.321 e. The van der Waals surface area contributed by atoms with E-state index in [9.17, 15) is 17.6 Å². The number of carbonyl (C=O) groups excluding carboxylic acids is 1. The van der Waals surface area contributed by atoms with Gasteiger partial charge in [-0.3, -0.25) is 0 Å². The zero-order chi connectivity index (χ0) is 27.7. The predicted molar refractivity (Wildman–Crippen MR) is 145 cm³/mol. The normalized spacial score (nSPS) is 18.4. The lowest BCUT2D eigenvalue weighted by Crippen LogP contribution is -2.40. The van der Waals surface area contributed by atoms with Gasteiger partial charge in [0.15, 0.2) is 0 Å². The second-order valence-electron chi connectivity index (χ2n) is 9.86. The van der Waals surface area contributed by atoms with Crippen molar-refractivity contribution in [2.45, 2.75) is 52.1 Å². The molecular formula is C27H30FN3O6S2. The summed E-state index contributed by atoms with van der Waals surface area (Å²) < 4.78 is 54.5. The van der Waals surface area contributed by atoms with Crippen LogP contribution < -0.4 is 9.50 Å². The van der Waals surface area contributed by atoms with Crippen LogP contribution in [0.5, 0.6) is 5.75 Å². The van der Waals surface area contributed by atoms with Gasteiger partial charge in [-0.1, -0.05) is 12.1 Å². The van der Waals surface area contributed by atoms with Crippen LogP contribution in [0.1, 0.15) is 58.0 Å². The van der Waals surface area contributed by atoms with E-state index in [0.29, 0.717) is 24.3 Å². The molecule has 9 nitrogen and oxygen atoms in total. The van der Waals surface area contributed by atoms with Crippen molar-refractivity contribution in [2.75, 3.05) is 24.7 Å². The molecule has 2 aliphatic heterocycles. The number of rotatable bonds is 5. The van der Waals surface area contributed by atoms with Crippen molar-refractivity contribution in [3.8, 4) is 5.75 Å². The molecule has 1 unspecified atom stereocenters. The molecule has 1 N–H and O–H groups in total. The smallest absolute Gasteiger partial charge is 0.321 e. The molecule has 39 heavy (non-hydrogen) atoms. The summed E-state index contributed by atoms with van der Waals surface area (Å²) in [4.78, 5) is 19.4. The second kappa shape index (κ2) is 11.2. The number of ether oxygens (including phenoxy) is 2. The third kappa shape index (κ3) is 6.40. The molecule has 3 heterocycles. The highest BCUT2D eigenvalue weighted by molar-refractivity contribution is 7.86. The van der Waals surface area contributed by atoms with Gasteiger partial charge in [0.1, 0.15) is 17.3 Å². The summed E-state index contributed by atoms with van der Waals surface area (Å²) >= 11 is 1.50. The summed E-state index contributed by atoms with van der Waals surface area (Å²) in [5.41, 5.74) is 4.00. The van der Waals surface area contributed by atoms with Crippen LogP contribution >= 0.6 is 11.3 Å². The molecule has 5 rings (SSSR count). The van der Waals surface area contributed by atoms with Gasteiger partial charge in [-0.05, 0) is 56.0 Å². The lowest BCUT2D eigenvalue weighted by molar-refractivity contribution is -0.155. The number of thiazole rings is 1. The Kier molecular flexibility index (Phi) is 7.90. The Bertz CT molecular complexity index is 1480. The number of likely N-dealkylation sites (tertiary alicyclic amines) is 1. The van der Waals surface area contributed by atoms with Gasteiger partial charge in [-0.15, -0.1) is 11.3 Å². The fourth-order valence-corrected chi connectivity index (χ4v) is 6.20. The summed E-state index contributed by atoms with van der Waals surface area (Å²) in [6.07, 6.45) is 1.65. The Balaban J connectivity index is 1.20. The van der Waals surface area contributed by atoms with Crippen molar-refractivity contribution >= 4 is 33.2 Å². The van der Waals surface area contributed by atoms with Crippen molar-refractivity contribution in [3.05, 3.63) is 74.5 Å². The molecule has 3 aromatic rings. The molecule has 0 bridgehead atoms. The number of anilines is 1. The van der Waals surface area contributed by atoms with E-state index in [1.807, 2.05) is 42.3 Å². The SMILES string of the molecule is Cc1ccc(C)c(NC(=O)N2CCC(c3nc(C4OCc5c(F)ccc(OS(C)(=O)=O)c5CO4)cs3)CC2)c1. The minimum atomic E-state index is -3.80. The molecule has 208 valence electrons. The van der Waals surface area contributed by atoms with Crippen LogP contribution in [0.4, 0.5) is 14.9 Å². The molecule has 2 aromatic carbocycles. The van der Waals surface area contributed by atoms with Crippen LogP contribution in [0.15, 0.2) is 35.7 Å². The number of hydrogen-bond acceptors (Lipinski definition) is 8. The van der Waals surface area contributed by atoms with Crippen LogP contribution in [0.3, 0.4) is 0 Å². The van der Waals surface area contributed by atoms with E-state index in [1.54, 1.807) is 0 Å². The molecule has 0 aliphatic carbocycles. The first-order chi connectivity index (χ1) is 18.6. The maximum atomic E-state index is 14.5. The Labute approximate surface area is 231 Å². The standard InChI is InChI=1S/C27H30FN3O6S2/c1-16-4-5-17(2)22(12-16)30-27(32)31-10-8-18(9-11-31)25-29-23(15-38-25)26-35-13-19-20(14-36-26)24(7-6-21(19)28)37-39(3,33)34/h4-7,12,15,18,26H,8-11,13-14H2,1-3H3,(H,30,32). The Morgan fingerprint density at radius 2 is 1.85 bits per heavy atom. The number of amides is 2. The number of nitrogens with one attached hydrogen (secondary N) is 1. The topological polar surface area (TPSA) is 107 Å². The zero-order valence-electron chi connectivity index (χ0n) is 21.9. The number of nitrogens with zero attached hydrogens (tertiary/aromatic N) is 2. The Morgan fingerprint density at radius 3 is 2.56 bits per heavy atom. The molecule has 12 heteroatoms. The van der Waals surface area contributed by atoms with E-state index < -0.39 is 22.2 Å². The largest absolute Gasteiger partial charge is 0.382 e. The fourth-order valence-electron chi connectivity index (χ4n) is 4.73. The number of urea groups is 1. The highest BCUT2D eigenvalue weighted by Gasteiger charge is 2.29. The highest BCUT2D eigenvalue weighted by Crippen LogP contribution is 2.37. The van der Waals surface area contributed by atoms with Crippen LogP contribution in [0.2, 0.25) is 0 Å². The third-order valence-electron chi connectivity index (χ3n) is 6.88. The lowest BCUT2D eigenvalue weighted by Gasteiger charge is -2.31. The number of piperidine rings is 1. The van der Waals surface area contributed by atoms with E-state index in [-0.39, 0.29) is 36.5 Å². The minimum absolute atomic E-state index is 0.0190. The van der Waals surface area contributed by atoms with Gasteiger partial charge in [-0.25, -0.2) is 14.2 Å².